The molecule has 2 aliphatic carbocycles. The number of methoxy groups -OCH3 is 1. The molecule has 5 nitrogen and oxygen atoms in total. The van der Waals surface area contributed by atoms with Crippen LogP contribution in [0.3, 0.4) is 0 Å². The zero-order chi connectivity index (χ0) is 18.5. The van der Waals surface area contributed by atoms with Gasteiger partial charge in [-0.25, -0.2) is 0 Å². The number of esters is 1. The fourth-order valence-electron chi connectivity index (χ4n) is 5.78. The zero-order valence-electron chi connectivity index (χ0n) is 15.9. The van der Waals surface area contributed by atoms with Crippen LogP contribution in [0.1, 0.15) is 39.5 Å². The number of cyclic esters (lactones) is 1. The smallest absolute Gasteiger partial charge is 0.306 e. The van der Waals surface area contributed by atoms with Crippen molar-refractivity contribution < 1.29 is 24.1 Å². The maximum Gasteiger partial charge on any atom is 0.306 e. The van der Waals surface area contributed by atoms with E-state index in [1.165, 1.54) is 0 Å². The summed E-state index contributed by atoms with van der Waals surface area (Å²) in [6.07, 6.45) is 8.71. The Bertz CT molecular complexity index is 626. The van der Waals surface area contributed by atoms with Gasteiger partial charge in [-0.15, -0.1) is 0 Å². The van der Waals surface area contributed by atoms with E-state index in [1.54, 1.807) is 7.11 Å². The minimum absolute atomic E-state index is 0.0306. The molecule has 26 heavy (non-hydrogen) atoms. The summed E-state index contributed by atoms with van der Waals surface area (Å²) >= 11 is 0. The third kappa shape index (κ3) is 2.67. The van der Waals surface area contributed by atoms with Crippen molar-refractivity contribution in [3.8, 4) is 0 Å². The standard InChI is InChI=1S/C21H30O5/c1-12-10-13(2)21-14(11-19(23)25-17(12)8-9-24-3)4-5-15-18(26-21)7-6-16(22)20(15)21/h4-5,10,12,14-18,20,22H,6-9,11H2,1-3H3. The van der Waals surface area contributed by atoms with Crippen LogP contribution in [0.25, 0.3) is 0 Å². The molecular weight excluding hydrogens is 332 g/mol. The van der Waals surface area contributed by atoms with E-state index in [0.717, 1.165) is 18.4 Å². The minimum Gasteiger partial charge on any atom is -0.462 e. The highest BCUT2D eigenvalue weighted by atomic mass is 16.5. The number of carbonyl (C=O) groups is 1. The number of carbonyl (C=O) groups excluding carboxylic acids is 1. The summed E-state index contributed by atoms with van der Waals surface area (Å²) in [6.45, 7) is 4.75. The first kappa shape index (κ1) is 18.2. The van der Waals surface area contributed by atoms with Gasteiger partial charge in [-0.2, -0.15) is 0 Å². The number of ether oxygens (including phenoxy) is 3. The SMILES string of the molecule is COCCC1OC(=O)CC2C=CC3C4CCC(O)C3C2(O4)C(C)=CC1C. The van der Waals surface area contributed by atoms with Gasteiger partial charge in [0.2, 0.25) is 0 Å². The minimum atomic E-state index is -0.580. The van der Waals surface area contributed by atoms with Crippen molar-refractivity contribution in [2.24, 2.45) is 23.7 Å². The average molecular weight is 362 g/mol. The van der Waals surface area contributed by atoms with Crippen LogP contribution in [0.5, 0.6) is 0 Å². The number of hydrogen-bond acceptors (Lipinski definition) is 5. The summed E-state index contributed by atoms with van der Waals surface area (Å²) in [6, 6.07) is 0. The Balaban J connectivity index is 1.75. The van der Waals surface area contributed by atoms with E-state index in [1.807, 2.05) is 0 Å². The largest absolute Gasteiger partial charge is 0.462 e. The van der Waals surface area contributed by atoms with Crippen LogP contribution in [0.15, 0.2) is 23.8 Å². The molecule has 4 bridgehead atoms. The molecule has 0 aromatic carbocycles. The number of rotatable bonds is 3. The van der Waals surface area contributed by atoms with Crippen LogP contribution in [0.4, 0.5) is 0 Å². The zero-order valence-corrected chi connectivity index (χ0v) is 15.9. The van der Waals surface area contributed by atoms with Crippen molar-refractivity contribution >= 4 is 5.97 Å². The van der Waals surface area contributed by atoms with E-state index in [2.05, 4.69) is 32.1 Å². The average Bonchev–Trinajstić information content (AvgIpc) is 2.76. The maximum absolute atomic E-state index is 12.7. The molecule has 4 aliphatic rings. The molecular formula is C21H30O5. The third-order valence-electron chi connectivity index (χ3n) is 6.96. The van der Waals surface area contributed by atoms with Crippen molar-refractivity contribution in [2.45, 2.75) is 63.4 Å². The normalized spacial score (nSPS) is 47.3. The van der Waals surface area contributed by atoms with Crippen molar-refractivity contribution in [1.29, 1.82) is 0 Å². The topological polar surface area (TPSA) is 65.0 Å². The van der Waals surface area contributed by atoms with Crippen molar-refractivity contribution in [1.82, 2.24) is 0 Å². The third-order valence-corrected chi connectivity index (χ3v) is 6.96. The molecule has 2 aliphatic heterocycles. The molecule has 1 N–H and O–H groups in total. The molecule has 0 radical (unpaired) electrons. The fourth-order valence-corrected chi connectivity index (χ4v) is 5.78. The van der Waals surface area contributed by atoms with Gasteiger partial charge >= 0.3 is 5.97 Å². The van der Waals surface area contributed by atoms with Crippen LogP contribution >= 0.6 is 0 Å². The molecule has 2 heterocycles. The summed E-state index contributed by atoms with van der Waals surface area (Å²) in [5.74, 6) is 0.0808. The van der Waals surface area contributed by atoms with Crippen LogP contribution in [-0.4, -0.2) is 48.7 Å². The Kier molecular flexibility index (Phi) is 4.74. The van der Waals surface area contributed by atoms with Gasteiger partial charge in [0.1, 0.15) is 11.7 Å². The Morgan fingerprint density at radius 3 is 2.92 bits per heavy atom. The monoisotopic (exact) mass is 362 g/mol. The second kappa shape index (κ2) is 6.77. The number of aliphatic hydroxyl groups excluding tert-OH is 1. The predicted octanol–water partition coefficient (Wildman–Crippen LogP) is 2.63. The quantitative estimate of drug-likeness (QED) is 0.618. The van der Waals surface area contributed by atoms with E-state index in [9.17, 15) is 9.90 Å². The highest BCUT2D eigenvalue weighted by Crippen LogP contribution is 2.59. The molecule has 0 aromatic heterocycles. The molecule has 144 valence electrons. The second-order valence-corrected chi connectivity index (χ2v) is 8.41. The first-order chi connectivity index (χ1) is 12.5. The van der Waals surface area contributed by atoms with Gasteiger partial charge in [0.05, 0.1) is 18.6 Å². The first-order valence-electron chi connectivity index (χ1n) is 9.89. The van der Waals surface area contributed by atoms with Crippen LogP contribution in [0, 0.1) is 23.7 Å². The van der Waals surface area contributed by atoms with Gasteiger partial charge in [-0.1, -0.05) is 25.2 Å². The molecule has 8 unspecified atom stereocenters. The summed E-state index contributed by atoms with van der Waals surface area (Å²) in [5, 5.41) is 10.8. The summed E-state index contributed by atoms with van der Waals surface area (Å²) in [7, 11) is 1.66. The maximum atomic E-state index is 12.7. The molecule has 1 spiro atoms. The van der Waals surface area contributed by atoms with E-state index in [0.29, 0.717) is 19.4 Å². The van der Waals surface area contributed by atoms with Gasteiger partial charge in [-0.3, -0.25) is 4.79 Å². The lowest BCUT2D eigenvalue weighted by atomic mass is 9.60. The lowest BCUT2D eigenvalue weighted by molar-refractivity contribution is -0.155. The van der Waals surface area contributed by atoms with Gasteiger partial charge < -0.3 is 19.3 Å². The lowest BCUT2D eigenvalue weighted by Crippen LogP contribution is -2.51. The Hall–Kier alpha value is -1.17. The Morgan fingerprint density at radius 2 is 2.15 bits per heavy atom. The van der Waals surface area contributed by atoms with Crippen LogP contribution in [-0.2, 0) is 19.0 Å². The van der Waals surface area contributed by atoms with Crippen molar-refractivity contribution in [3.63, 3.8) is 0 Å². The second-order valence-electron chi connectivity index (χ2n) is 8.41. The van der Waals surface area contributed by atoms with Crippen molar-refractivity contribution in [2.75, 3.05) is 13.7 Å². The lowest BCUT2D eigenvalue weighted by Gasteiger charge is -2.45. The van der Waals surface area contributed by atoms with Gasteiger partial charge in [0.15, 0.2) is 0 Å². The summed E-state index contributed by atoms with van der Waals surface area (Å²) < 4.78 is 17.7. The molecule has 5 heteroatoms. The van der Waals surface area contributed by atoms with E-state index in [4.69, 9.17) is 14.2 Å². The van der Waals surface area contributed by atoms with Crippen LogP contribution < -0.4 is 0 Å². The molecule has 0 aromatic rings. The van der Waals surface area contributed by atoms with E-state index in [-0.39, 0.29) is 48.0 Å². The Morgan fingerprint density at radius 1 is 1.35 bits per heavy atom. The molecule has 4 rings (SSSR count). The predicted molar refractivity (Wildman–Crippen MR) is 96.4 cm³/mol. The van der Waals surface area contributed by atoms with Gasteiger partial charge in [-0.05, 0) is 25.3 Å². The number of aliphatic hydroxyl groups is 1. The Labute approximate surface area is 155 Å². The fraction of sp³-hybridized carbons (Fsp3) is 0.762. The summed E-state index contributed by atoms with van der Waals surface area (Å²) in [4.78, 5) is 12.7. The molecule has 1 saturated carbocycles. The van der Waals surface area contributed by atoms with Gasteiger partial charge in [0, 0.05) is 43.8 Å². The molecule has 1 saturated heterocycles. The van der Waals surface area contributed by atoms with Gasteiger partial charge in [0.25, 0.3) is 0 Å². The molecule has 8 atom stereocenters. The van der Waals surface area contributed by atoms with Crippen molar-refractivity contribution in [3.05, 3.63) is 23.8 Å². The van der Waals surface area contributed by atoms with Crippen LogP contribution in [0.2, 0.25) is 0 Å². The highest BCUT2D eigenvalue weighted by Gasteiger charge is 2.64. The van der Waals surface area contributed by atoms with E-state index < -0.39 is 5.60 Å². The molecule has 2 fully saturated rings. The first-order valence-corrected chi connectivity index (χ1v) is 9.89. The van der Waals surface area contributed by atoms with E-state index >= 15 is 0 Å². The molecule has 0 amide bonds. The number of hydrogen-bond donors (Lipinski definition) is 1. The highest BCUT2D eigenvalue weighted by molar-refractivity contribution is 5.71. The summed E-state index contributed by atoms with van der Waals surface area (Å²) in [5.41, 5.74) is 0.558.